The fourth-order valence-electron chi connectivity index (χ4n) is 1.52. The van der Waals surface area contributed by atoms with Crippen LogP contribution in [0.1, 0.15) is 19.3 Å². The average molecular weight is 243 g/mol. The summed E-state index contributed by atoms with van der Waals surface area (Å²) in [5.74, 6) is 0.878. The van der Waals surface area contributed by atoms with Gasteiger partial charge in [-0.2, -0.15) is 0 Å². The standard InChI is InChI=1S/C9H18N2O.2ClH/c1-11(2)9(12)7-8-3-5-10-6-4-8;;/h8,10H,3-7H2,1-2H3;2*1H. The summed E-state index contributed by atoms with van der Waals surface area (Å²) in [6.07, 6.45) is 3.04. The fraction of sp³-hybridized carbons (Fsp3) is 0.889. The van der Waals surface area contributed by atoms with Gasteiger partial charge in [-0.25, -0.2) is 0 Å². The monoisotopic (exact) mass is 242 g/mol. The second-order valence-corrected chi connectivity index (χ2v) is 3.69. The van der Waals surface area contributed by atoms with Crippen molar-refractivity contribution in [3.63, 3.8) is 0 Å². The van der Waals surface area contributed by atoms with Crippen molar-refractivity contribution in [2.24, 2.45) is 5.92 Å². The first-order valence-electron chi connectivity index (χ1n) is 4.61. The molecule has 1 aliphatic rings. The summed E-state index contributed by atoms with van der Waals surface area (Å²) >= 11 is 0. The number of rotatable bonds is 2. The van der Waals surface area contributed by atoms with Crippen LogP contribution >= 0.6 is 24.8 Å². The maximum Gasteiger partial charge on any atom is 0.222 e. The van der Waals surface area contributed by atoms with E-state index in [2.05, 4.69) is 5.32 Å². The Hall–Kier alpha value is 0.01000. The minimum Gasteiger partial charge on any atom is -0.349 e. The quantitative estimate of drug-likeness (QED) is 0.793. The third-order valence-electron chi connectivity index (χ3n) is 2.42. The lowest BCUT2D eigenvalue weighted by molar-refractivity contribution is -0.129. The first-order chi connectivity index (χ1) is 5.70. The van der Waals surface area contributed by atoms with Crippen molar-refractivity contribution in [1.29, 1.82) is 0 Å². The number of halogens is 2. The molecule has 1 fully saturated rings. The molecule has 14 heavy (non-hydrogen) atoms. The first-order valence-corrected chi connectivity index (χ1v) is 4.61. The molecule has 1 aliphatic heterocycles. The highest BCUT2D eigenvalue weighted by Crippen LogP contribution is 2.16. The van der Waals surface area contributed by atoms with E-state index in [-0.39, 0.29) is 30.7 Å². The van der Waals surface area contributed by atoms with Crippen molar-refractivity contribution >= 4 is 30.7 Å². The van der Waals surface area contributed by atoms with Crippen molar-refractivity contribution < 1.29 is 4.79 Å². The third-order valence-corrected chi connectivity index (χ3v) is 2.42. The molecule has 0 aromatic heterocycles. The van der Waals surface area contributed by atoms with Gasteiger partial charge in [-0.3, -0.25) is 4.79 Å². The highest BCUT2D eigenvalue weighted by atomic mass is 35.5. The van der Waals surface area contributed by atoms with Crippen LogP contribution in [0.15, 0.2) is 0 Å². The second kappa shape index (κ2) is 8.33. The number of hydrogen-bond donors (Lipinski definition) is 1. The van der Waals surface area contributed by atoms with Crippen molar-refractivity contribution in [2.45, 2.75) is 19.3 Å². The maximum absolute atomic E-state index is 11.3. The van der Waals surface area contributed by atoms with Gasteiger partial charge in [0.1, 0.15) is 0 Å². The van der Waals surface area contributed by atoms with Gasteiger partial charge in [0.05, 0.1) is 0 Å². The van der Waals surface area contributed by atoms with Gasteiger partial charge < -0.3 is 10.2 Å². The van der Waals surface area contributed by atoms with Crippen molar-refractivity contribution in [2.75, 3.05) is 27.2 Å². The summed E-state index contributed by atoms with van der Waals surface area (Å²) in [5, 5.41) is 3.29. The predicted molar refractivity (Wildman–Crippen MR) is 63.4 cm³/mol. The molecular formula is C9H20Cl2N2O. The summed E-state index contributed by atoms with van der Waals surface area (Å²) < 4.78 is 0. The molecule has 0 aromatic rings. The minimum atomic E-state index is 0. The molecule has 1 saturated heterocycles. The van der Waals surface area contributed by atoms with Crippen molar-refractivity contribution in [3.05, 3.63) is 0 Å². The predicted octanol–water partition coefficient (Wildman–Crippen LogP) is 1.31. The lowest BCUT2D eigenvalue weighted by Crippen LogP contribution is -2.31. The Morgan fingerprint density at radius 2 is 1.79 bits per heavy atom. The summed E-state index contributed by atoms with van der Waals surface area (Å²) in [4.78, 5) is 13.0. The number of piperidine rings is 1. The third kappa shape index (κ3) is 5.68. The summed E-state index contributed by atoms with van der Waals surface area (Å²) in [5.41, 5.74) is 0. The Kier molecular flexibility index (Phi) is 9.78. The highest BCUT2D eigenvalue weighted by molar-refractivity contribution is 5.85. The van der Waals surface area contributed by atoms with Crippen LogP contribution in [-0.4, -0.2) is 38.0 Å². The molecule has 5 heteroatoms. The van der Waals surface area contributed by atoms with E-state index in [0.717, 1.165) is 32.4 Å². The molecule has 0 bridgehead atoms. The molecule has 0 spiro atoms. The number of nitrogens with one attached hydrogen (secondary N) is 1. The zero-order chi connectivity index (χ0) is 8.97. The molecule has 1 rings (SSSR count). The second-order valence-electron chi connectivity index (χ2n) is 3.69. The fourth-order valence-corrected chi connectivity index (χ4v) is 1.52. The van der Waals surface area contributed by atoms with Gasteiger partial charge in [0.15, 0.2) is 0 Å². The molecular weight excluding hydrogens is 223 g/mol. The number of hydrogen-bond acceptors (Lipinski definition) is 2. The molecule has 3 nitrogen and oxygen atoms in total. The zero-order valence-electron chi connectivity index (χ0n) is 8.78. The average Bonchev–Trinajstić information content (AvgIpc) is 2.06. The van der Waals surface area contributed by atoms with E-state index in [1.807, 2.05) is 14.1 Å². The van der Waals surface area contributed by atoms with E-state index in [4.69, 9.17) is 0 Å². The Labute approximate surface area is 98.4 Å². The van der Waals surface area contributed by atoms with E-state index in [0.29, 0.717) is 5.92 Å². The Balaban J connectivity index is 0. The van der Waals surface area contributed by atoms with Crippen LogP contribution in [0.3, 0.4) is 0 Å². The largest absolute Gasteiger partial charge is 0.349 e. The molecule has 0 unspecified atom stereocenters. The molecule has 1 amide bonds. The van der Waals surface area contributed by atoms with Crippen LogP contribution in [-0.2, 0) is 4.79 Å². The van der Waals surface area contributed by atoms with Gasteiger partial charge in [0.25, 0.3) is 0 Å². The number of carbonyl (C=O) groups excluding carboxylic acids is 1. The molecule has 0 saturated carbocycles. The molecule has 0 aromatic carbocycles. The van der Waals surface area contributed by atoms with Crippen LogP contribution < -0.4 is 5.32 Å². The topological polar surface area (TPSA) is 32.3 Å². The zero-order valence-corrected chi connectivity index (χ0v) is 10.4. The molecule has 86 valence electrons. The van der Waals surface area contributed by atoms with Crippen LogP contribution in [0.4, 0.5) is 0 Å². The number of amides is 1. The normalized spacial score (nSPS) is 16.4. The van der Waals surface area contributed by atoms with Gasteiger partial charge >= 0.3 is 0 Å². The van der Waals surface area contributed by atoms with Gasteiger partial charge in [-0.1, -0.05) is 0 Å². The van der Waals surface area contributed by atoms with E-state index >= 15 is 0 Å². The van der Waals surface area contributed by atoms with Gasteiger partial charge in [0, 0.05) is 20.5 Å². The lowest BCUT2D eigenvalue weighted by atomic mass is 9.94. The van der Waals surface area contributed by atoms with Crippen LogP contribution in [0, 0.1) is 5.92 Å². The van der Waals surface area contributed by atoms with E-state index < -0.39 is 0 Å². The number of nitrogens with zero attached hydrogens (tertiary/aromatic N) is 1. The highest BCUT2D eigenvalue weighted by Gasteiger charge is 2.17. The maximum atomic E-state index is 11.3. The van der Waals surface area contributed by atoms with Crippen LogP contribution in [0.2, 0.25) is 0 Å². The van der Waals surface area contributed by atoms with Gasteiger partial charge in [0.2, 0.25) is 5.91 Å². The SMILES string of the molecule is CN(C)C(=O)CC1CCNCC1.Cl.Cl. The molecule has 1 N–H and O–H groups in total. The van der Waals surface area contributed by atoms with E-state index in [9.17, 15) is 4.79 Å². The Morgan fingerprint density at radius 3 is 2.21 bits per heavy atom. The van der Waals surface area contributed by atoms with Crippen molar-refractivity contribution in [3.8, 4) is 0 Å². The first kappa shape index (κ1) is 16.4. The van der Waals surface area contributed by atoms with E-state index in [1.54, 1.807) is 4.90 Å². The van der Waals surface area contributed by atoms with Crippen molar-refractivity contribution in [1.82, 2.24) is 10.2 Å². The summed E-state index contributed by atoms with van der Waals surface area (Å²) in [6.45, 7) is 2.15. The lowest BCUT2D eigenvalue weighted by Gasteiger charge is -2.23. The van der Waals surface area contributed by atoms with Gasteiger partial charge in [-0.05, 0) is 31.8 Å². The molecule has 0 aliphatic carbocycles. The molecule has 0 radical (unpaired) electrons. The molecule has 1 heterocycles. The van der Waals surface area contributed by atoms with Gasteiger partial charge in [-0.15, -0.1) is 24.8 Å². The Bertz CT molecular complexity index is 159. The minimum absolute atomic E-state index is 0. The Morgan fingerprint density at radius 1 is 1.29 bits per heavy atom. The van der Waals surface area contributed by atoms with Crippen LogP contribution in [0.5, 0.6) is 0 Å². The van der Waals surface area contributed by atoms with Crippen LogP contribution in [0.25, 0.3) is 0 Å². The molecule has 0 atom stereocenters. The summed E-state index contributed by atoms with van der Waals surface area (Å²) in [7, 11) is 3.65. The number of carbonyl (C=O) groups is 1. The smallest absolute Gasteiger partial charge is 0.222 e. The summed E-state index contributed by atoms with van der Waals surface area (Å²) in [6, 6.07) is 0. The van der Waals surface area contributed by atoms with E-state index in [1.165, 1.54) is 0 Å².